The van der Waals surface area contributed by atoms with Crippen LogP contribution >= 0.6 is 0 Å². The summed E-state index contributed by atoms with van der Waals surface area (Å²) in [6, 6.07) is 51.3. The van der Waals surface area contributed by atoms with Crippen molar-refractivity contribution in [2.24, 2.45) is 4.99 Å². The maximum atomic E-state index is 16.9. The van der Waals surface area contributed by atoms with Gasteiger partial charge in [0.15, 0.2) is 0 Å². The third-order valence-electron chi connectivity index (χ3n) is 10.4. The topological polar surface area (TPSA) is 16.2 Å². The quantitative estimate of drug-likeness (QED) is 0.141. The molecule has 1 aliphatic carbocycles. The minimum Gasteiger partial charge on any atom is -0.176 e. The lowest BCUT2D eigenvalue weighted by molar-refractivity contribution is -0.787. The molecule has 0 saturated carbocycles. The van der Waals surface area contributed by atoms with Gasteiger partial charge in [-0.15, -0.1) is 0 Å². The molecule has 0 radical (unpaired) electrons. The summed E-state index contributed by atoms with van der Waals surface area (Å²) >= 11 is 0. The fourth-order valence-electron chi connectivity index (χ4n) is 8.58. The Morgan fingerprint density at radius 3 is 1.94 bits per heavy atom. The van der Waals surface area contributed by atoms with Crippen molar-refractivity contribution in [3.05, 3.63) is 186 Å². The SMILES string of the molecule is FC1(F)B2C(=Nc3ccc(-c4cccc5c4-c4ccccc4C5(c4ccccc4)c4ccccc4)c[n+]31)c1cccc3cccc2c13. The van der Waals surface area contributed by atoms with Crippen molar-refractivity contribution in [3.63, 3.8) is 0 Å². The Morgan fingerprint density at radius 1 is 0.553 bits per heavy atom. The lowest BCUT2D eigenvalue weighted by Gasteiger charge is -2.34. The van der Waals surface area contributed by atoms with E-state index in [0.29, 0.717) is 11.1 Å². The van der Waals surface area contributed by atoms with Gasteiger partial charge in [-0.05, 0) is 61.2 Å². The van der Waals surface area contributed by atoms with Gasteiger partial charge >= 0.3 is 18.5 Å². The molecule has 10 rings (SSSR count). The zero-order valence-electron chi connectivity index (χ0n) is 25.2. The molecule has 0 bridgehead atoms. The average Bonchev–Trinajstić information content (AvgIpc) is 3.62. The molecule has 7 aromatic rings. The second kappa shape index (κ2) is 9.43. The van der Waals surface area contributed by atoms with Crippen molar-refractivity contribution in [2.75, 3.05) is 0 Å². The molecule has 6 aromatic carbocycles. The Bertz CT molecular complexity index is 2410. The fourth-order valence-corrected chi connectivity index (χ4v) is 8.58. The van der Waals surface area contributed by atoms with Gasteiger partial charge in [0.1, 0.15) is 11.8 Å². The van der Waals surface area contributed by atoms with Crippen molar-refractivity contribution >= 4 is 34.4 Å². The number of nitrogens with zero attached hydrogens (tertiary/aromatic N) is 2. The first-order chi connectivity index (χ1) is 23.1. The number of aliphatic imine (C=N–C) groups is 1. The highest BCUT2D eigenvalue weighted by atomic mass is 19.3. The van der Waals surface area contributed by atoms with Gasteiger partial charge in [-0.25, -0.2) is 0 Å². The molecule has 0 spiro atoms. The molecule has 0 unspecified atom stereocenters. The molecule has 0 atom stereocenters. The minimum absolute atomic E-state index is 0.255. The Hall–Kier alpha value is -5.68. The first-order valence-electron chi connectivity index (χ1n) is 16.0. The zero-order valence-corrected chi connectivity index (χ0v) is 25.2. The number of benzene rings is 6. The molecule has 2 aliphatic heterocycles. The van der Waals surface area contributed by atoms with Gasteiger partial charge in [0.2, 0.25) is 0 Å². The van der Waals surface area contributed by atoms with Crippen molar-refractivity contribution in [3.8, 4) is 22.3 Å². The molecule has 3 aliphatic rings. The van der Waals surface area contributed by atoms with Gasteiger partial charge < -0.3 is 0 Å². The summed E-state index contributed by atoms with van der Waals surface area (Å²) in [5, 5.41) is 1.84. The molecule has 0 amide bonds. The highest BCUT2D eigenvalue weighted by Crippen LogP contribution is 2.58. The third kappa shape index (κ3) is 3.38. The van der Waals surface area contributed by atoms with E-state index < -0.39 is 18.1 Å². The van der Waals surface area contributed by atoms with Gasteiger partial charge in [0.05, 0.1) is 5.41 Å². The zero-order chi connectivity index (χ0) is 31.3. The predicted molar refractivity (Wildman–Crippen MR) is 185 cm³/mol. The monoisotopic (exact) mass is 607 g/mol. The van der Waals surface area contributed by atoms with E-state index in [1.807, 2.05) is 54.6 Å². The van der Waals surface area contributed by atoms with Gasteiger partial charge in [-0.1, -0.05) is 145 Å². The summed E-state index contributed by atoms with van der Waals surface area (Å²) in [7, 11) is 0. The first-order valence-corrected chi connectivity index (χ1v) is 16.0. The van der Waals surface area contributed by atoms with E-state index in [4.69, 9.17) is 4.99 Å². The summed E-state index contributed by atoms with van der Waals surface area (Å²) in [6.07, 6.45) is 1.61. The Kier molecular flexibility index (Phi) is 5.32. The van der Waals surface area contributed by atoms with E-state index in [1.165, 1.54) is 5.56 Å². The number of hydrogen-bond donors (Lipinski definition) is 0. The number of aromatic nitrogens is 1. The van der Waals surface area contributed by atoms with Crippen molar-refractivity contribution in [1.82, 2.24) is 0 Å². The van der Waals surface area contributed by atoms with Gasteiger partial charge in [0.25, 0.3) is 0 Å². The van der Waals surface area contributed by atoms with Crippen LogP contribution in [0.25, 0.3) is 33.0 Å². The van der Waals surface area contributed by atoms with E-state index in [-0.39, 0.29) is 5.82 Å². The van der Waals surface area contributed by atoms with E-state index in [9.17, 15) is 0 Å². The highest BCUT2D eigenvalue weighted by molar-refractivity contribution is 7.07. The van der Waals surface area contributed by atoms with Crippen LogP contribution in [0.3, 0.4) is 0 Å². The summed E-state index contributed by atoms with van der Waals surface area (Å²) in [6.45, 7) is -1.15. The molecule has 0 saturated heterocycles. The fraction of sp³-hybridized carbons (Fsp3) is 0.0476. The molecule has 0 fully saturated rings. The Balaban J connectivity index is 1.21. The van der Waals surface area contributed by atoms with Crippen LogP contribution in [0.4, 0.5) is 14.6 Å². The van der Waals surface area contributed by atoms with Crippen molar-refractivity contribution in [2.45, 2.75) is 11.4 Å². The number of pyridine rings is 1. The first kappa shape index (κ1) is 26.5. The normalized spacial score (nSPS) is 15.9. The molecule has 1 aromatic heterocycles. The van der Waals surface area contributed by atoms with Crippen LogP contribution in [-0.2, 0) is 11.4 Å². The molecular formula is C42H26BF2N2+. The van der Waals surface area contributed by atoms with E-state index in [2.05, 4.69) is 91.0 Å². The van der Waals surface area contributed by atoms with Crippen LogP contribution in [0.2, 0.25) is 0 Å². The molecular weight excluding hydrogens is 581 g/mol. The average molecular weight is 607 g/mol. The molecule has 47 heavy (non-hydrogen) atoms. The van der Waals surface area contributed by atoms with Crippen LogP contribution in [0.1, 0.15) is 27.8 Å². The molecule has 0 N–H and O–H groups in total. The van der Waals surface area contributed by atoms with Crippen LogP contribution in [0, 0.1) is 0 Å². The molecule has 220 valence electrons. The second-order valence-electron chi connectivity index (χ2n) is 12.7. The van der Waals surface area contributed by atoms with Crippen molar-refractivity contribution in [1.29, 1.82) is 0 Å². The van der Waals surface area contributed by atoms with E-state index in [1.54, 1.807) is 12.3 Å². The summed E-state index contributed by atoms with van der Waals surface area (Å²) in [5.41, 5.74) is 9.79. The summed E-state index contributed by atoms with van der Waals surface area (Å²) in [5.74, 6) is -2.96. The predicted octanol–water partition coefficient (Wildman–Crippen LogP) is 8.63. The third-order valence-corrected chi connectivity index (χ3v) is 10.4. The summed E-state index contributed by atoms with van der Waals surface area (Å²) < 4.78 is 34.9. The number of hydrogen-bond acceptors (Lipinski definition) is 1. The number of fused-ring (bicyclic) bond motifs is 7. The highest BCUT2D eigenvalue weighted by Gasteiger charge is 2.62. The van der Waals surface area contributed by atoms with Crippen LogP contribution < -0.4 is 10.0 Å². The number of rotatable bonds is 3. The molecule has 2 nitrogen and oxygen atoms in total. The van der Waals surface area contributed by atoms with Crippen molar-refractivity contribution < 1.29 is 13.3 Å². The number of alkyl halides is 2. The second-order valence-corrected chi connectivity index (χ2v) is 12.7. The number of halogens is 2. The van der Waals surface area contributed by atoms with Gasteiger partial charge in [0, 0.05) is 17.2 Å². The Morgan fingerprint density at radius 2 is 1.17 bits per heavy atom. The lowest BCUT2D eigenvalue weighted by Crippen LogP contribution is -2.67. The standard InChI is InChI=1S/C42H26BF2N2/c44-42(45)43-36-23-10-13-27-12-9-20-33(38(27)36)40(43)46-37-25-24-28(26-47(37)42)31-19-11-22-35-39(31)32-18-7-8-21-34(32)41(35,29-14-3-1-4-15-29)30-16-5-2-6-17-30/h1-26H/q+1. The van der Waals surface area contributed by atoms with Crippen LogP contribution in [0.15, 0.2) is 163 Å². The van der Waals surface area contributed by atoms with Crippen LogP contribution in [0.5, 0.6) is 0 Å². The largest absolute Gasteiger partial charge is 0.411 e. The van der Waals surface area contributed by atoms with E-state index in [0.717, 1.165) is 59.8 Å². The Labute approximate surface area is 271 Å². The van der Waals surface area contributed by atoms with Gasteiger partial charge in [-0.3, -0.25) is 0 Å². The van der Waals surface area contributed by atoms with Crippen LogP contribution in [-0.4, -0.2) is 12.3 Å². The minimum atomic E-state index is -3.22. The lowest BCUT2D eigenvalue weighted by atomic mass is 9.40. The molecule has 5 heteroatoms. The maximum Gasteiger partial charge on any atom is 0.411 e. The van der Waals surface area contributed by atoms with Gasteiger partial charge in [-0.2, -0.15) is 13.3 Å². The van der Waals surface area contributed by atoms with E-state index >= 15 is 8.78 Å². The summed E-state index contributed by atoms with van der Waals surface area (Å²) in [4.78, 5) is 4.89. The smallest absolute Gasteiger partial charge is 0.176 e. The molecule has 3 heterocycles. The maximum absolute atomic E-state index is 16.9.